The molecule has 3 nitrogen and oxygen atoms in total. The first-order valence-electron chi connectivity index (χ1n) is 4.22. The highest BCUT2D eigenvalue weighted by Crippen LogP contribution is 2.22. The molecular formula is C9H12N2O. The number of anilines is 1. The smallest absolute Gasteiger partial charge is 0.126 e. The lowest BCUT2D eigenvalue weighted by molar-refractivity contribution is 0.0784. The van der Waals surface area contributed by atoms with Gasteiger partial charge in [0.1, 0.15) is 5.82 Å². The van der Waals surface area contributed by atoms with Gasteiger partial charge >= 0.3 is 0 Å². The summed E-state index contributed by atoms with van der Waals surface area (Å²) in [5.74, 6) is 0.848. The molecule has 0 aromatic carbocycles. The molecule has 1 aliphatic rings. The molecule has 0 bridgehead atoms. The molecule has 1 aliphatic carbocycles. The van der Waals surface area contributed by atoms with E-state index >= 15 is 0 Å². The summed E-state index contributed by atoms with van der Waals surface area (Å²) in [7, 11) is 0. The quantitative estimate of drug-likeness (QED) is 0.685. The highest BCUT2D eigenvalue weighted by Gasteiger charge is 2.28. The van der Waals surface area contributed by atoms with E-state index in [4.69, 9.17) is 0 Å². The summed E-state index contributed by atoms with van der Waals surface area (Å²) in [6, 6.07) is 5.92. The second kappa shape index (κ2) is 3.11. The lowest BCUT2D eigenvalue weighted by Crippen LogP contribution is -2.42. The fraction of sp³-hybridized carbons (Fsp3) is 0.444. The number of hydrogen-bond donors (Lipinski definition) is 2. The average Bonchev–Trinajstić information content (AvgIpc) is 2.14. The van der Waals surface area contributed by atoms with Crippen molar-refractivity contribution >= 4 is 5.82 Å². The topological polar surface area (TPSA) is 45.1 Å². The predicted octanol–water partition coefficient (Wildman–Crippen LogP) is 1.02. The summed E-state index contributed by atoms with van der Waals surface area (Å²) in [6.07, 6.45) is 3.50. The third kappa shape index (κ3) is 1.41. The molecular weight excluding hydrogens is 152 g/mol. The van der Waals surface area contributed by atoms with Gasteiger partial charge in [-0.15, -0.1) is 0 Å². The van der Waals surface area contributed by atoms with E-state index in [2.05, 4.69) is 10.3 Å². The van der Waals surface area contributed by atoms with Crippen LogP contribution in [0.2, 0.25) is 0 Å². The van der Waals surface area contributed by atoms with E-state index in [0.29, 0.717) is 0 Å². The zero-order valence-corrected chi connectivity index (χ0v) is 6.77. The third-order valence-corrected chi connectivity index (χ3v) is 2.24. The average molecular weight is 164 g/mol. The minimum Gasteiger partial charge on any atom is -0.391 e. The van der Waals surface area contributed by atoms with Gasteiger partial charge in [-0.1, -0.05) is 6.07 Å². The maximum absolute atomic E-state index is 9.28. The van der Waals surface area contributed by atoms with Crippen LogP contribution in [0.3, 0.4) is 0 Å². The van der Waals surface area contributed by atoms with Crippen LogP contribution < -0.4 is 5.32 Å². The van der Waals surface area contributed by atoms with Crippen molar-refractivity contribution in [3.8, 4) is 0 Å². The lowest BCUT2D eigenvalue weighted by atomic mass is 9.89. The van der Waals surface area contributed by atoms with Gasteiger partial charge in [0.05, 0.1) is 12.1 Å². The molecule has 1 aromatic heterocycles. The minimum absolute atomic E-state index is 0.188. The van der Waals surface area contributed by atoms with Gasteiger partial charge < -0.3 is 10.4 Å². The van der Waals surface area contributed by atoms with Crippen LogP contribution in [-0.4, -0.2) is 22.2 Å². The van der Waals surface area contributed by atoms with E-state index in [1.165, 1.54) is 0 Å². The van der Waals surface area contributed by atoms with Crippen LogP contribution in [0.25, 0.3) is 0 Å². The molecule has 0 aliphatic heterocycles. The van der Waals surface area contributed by atoms with E-state index in [-0.39, 0.29) is 12.1 Å². The molecule has 2 N–H and O–H groups in total. The van der Waals surface area contributed by atoms with Crippen LogP contribution in [0.15, 0.2) is 24.4 Å². The summed E-state index contributed by atoms with van der Waals surface area (Å²) >= 11 is 0. The standard InChI is InChI=1S/C9H12N2O/c12-8-5-4-7(8)11-9-3-1-2-6-10-9/h1-3,6-8,12H,4-5H2,(H,10,11). The Morgan fingerprint density at radius 2 is 2.33 bits per heavy atom. The van der Waals surface area contributed by atoms with Crippen molar-refractivity contribution in [3.05, 3.63) is 24.4 Å². The number of pyridine rings is 1. The molecule has 2 unspecified atom stereocenters. The predicted molar refractivity (Wildman–Crippen MR) is 46.9 cm³/mol. The van der Waals surface area contributed by atoms with Crippen LogP contribution in [0.5, 0.6) is 0 Å². The van der Waals surface area contributed by atoms with E-state index in [9.17, 15) is 5.11 Å². The van der Waals surface area contributed by atoms with E-state index in [0.717, 1.165) is 18.7 Å². The number of hydrogen-bond acceptors (Lipinski definition) is 3. The van der Waals surface area contributed by atoms with Gasteiger partial charge in [-0.25, -0.2) is 4.98 Å². The Morgan fingerprint density at radius 3 is 2.83 bits per heavy atom. The Balaban J connectivity index is 1.95. The van der Waals surface area contributed by atoms with Crippen molar-refractivity contribution in [2.75, 3.05) is 5.32 Å². The van der Waals surface area contributed by atoms with Gasteiger partial charge in [0, 0.05) is 6.20 Å². The highest BCUT2D eigenvalue weighted by molar-refractivity contribution is 5.35. The first-order chi connectivity index (χ1) is 5.86. The molecule has 0 amide bonds. The maximum Gasteiger partial charge on any atom is 0.126 e. The molecule has 1 fully saturated rings. The highest BCUT2D eigenvalue weighted by atomic mass is 16.3. The molecule has 1 saturated carbocycles. The van der Waals surface area contributed by atoms with Crippen molar-refractivity contribution in [1.82, 2.24) is 4.98 Å². The summed E-state index contributed by atoms with van der Waals surface area (Å²) in [5.41, 5.74) is 0. The summed E-state index contributed by atoms with van der Waals surface area (Å²) in [4.78, 5) is 4.11. The Labute approximate surface area is 71.4 Å². The number of nitrogens with one attached hydrogen (secondary N) is 1. The summed E-state index contributed by atoms with van der Waals surface area (Å²) in [6.45, 7) is 0. The molecule has 0 radical (unpaired) electrons. The van der Waals surface area contributed by atoms with Crippen molar-refractivity contribution in [3.63, 3.8) is 0 Å². The molecule has 1 heterocycles. The third-order valence-electron chi connectivity index (χ3n) is 2.24. The first-order valence-corrected chi connectivity index (χ1v) is 4.22. The zero-order valence-electron chi connectivity index (χ0n) is 6.77. The van der Waals surface area contributed by atoms with Crippen molar-refractivity contribution < 1.29 is 5.11 Å². The number of nitrogens with zero attached hydrogens (tertiary/aromatic N) is 1. The van der Waals surface area contributed by atoms with Crippen molar-refractivity contribution in [2.45, 2.75) is 25.0 Å². The monoisotopic (exact) mass is 164 g/mol. The van der Waals surface area contributed by atoms with E-state index in [1.807, 2.05) is 18.2 Å². The van der Waals surface area contributed by atoms with Gasteiger partial charge in [0.25, 0.3) is 0 Å². The Bertz CT molecular complexity index is 250. The van der Waals surface area contributed by atoms with Gasteiger partial charge in [0.2, 0.25) is 0 Å². The number of aromatic nitrogens is 1. The fourth-order valence-electron chi connectivity index (χ4n) is 1.29. The zero-order chi connectivity index (χ0) is 8.39. The Kier molecular flexibility index (Phi) is 1.96. The van der Waals surface area contributed by atoms with Crippen molar-refractivity contribution in [1.29, 1.82) is 0 Å². The minimum atomic E-state index is -0.188. The second-order valence-corrected chi connectivity index (χ2v) is 3.11. The molecule has 64 valence electrons. The van der Waals surface area contributed by atoms with E-state index < -0.39 is 0 Å². The van der Waals surface area contributed by atoms with Gasteiger partial charge in [-0.3, -0.25) is 0 Å². The largest absolute Gasteiger partial charge is 0.391 e. The molecule has 0 saturated heterocycles. The molecule has 1 aromatic rings. The van der Waals surface area contributed by atoms with Gasteiger partial charge in [0.15, 0.2) is 0 Å². The SMILES string of the molecule is OC1CCC1Nc1ccccn1. The van der Waals surface area contributed by atoms with Crippen LogP contribution in [0.1, 0.15) is 12.8 Å². The van der Waals surface area contributed by atoms with Gasteiger partial charge in [-0.05, 0) is 25.0 Å². The molecule has 3 heteroatoms. The second-order valence-electron chi connectivity index (χ2n) is 3.11. The van der Waals surface area contributed by atoms with Crippen LogP contribution in [0, 0.1) is 0 Å². The lowest BCUT2D eigenvalue weighted by Gasteiger charge is -2.33. The van der Waals surface area contributed by atoms with Crippen LogP contribution in [0.4, 0.5) is 5.82 Å². The summed E-state index contributed by atoms with van der Waals surface area (Å²) in [5, 5.41) is 12.4. The molecule has 0 spiro atoms. The van der Waals surface area contributed by atoms with Crippen LogP contribution >= 0.6 is 0 Å². The Morgan fingerprint density at radius 1 is 1.42 bits per heavy atom. The number of aliphatic hydroxyl groups excluding tert-OH is 1. The molecule has 2 atom stereocenters. The Hall–Kier alpha value is -1.09. The maximum atomic E-state index is 9.28. The van der Waals surface area contributed by atoms with Crippen LogP contribution in [-0.2, 0) is 0 Å². The van der Waals surface area contributed by atoms with Crippen molar-refractivity contribution in [2.24, 2.45) is 0 Å². The molecule has 12 heavy (non-hydrogen) atoms. The molecule has 2 rings (SSSR count). The van der Waals surface area contributed by atoms with Gasteiger partial charge in [-0.2, -0.15) is 0 Å². The first kappa shape index (κ1) is 7.55. The number of rotatable bonds is 2. The fourth-order valence-corrected chi connectivity index (χ4v) is 1.29. The normalized spacial score (nSPS) is 27.8. The number of aliphatic hydroxyl groups is 1. The summed E-state index contributed by atoms with van der Waals surface area (Å²) < 4.78 is 0. The van der Waals surface area contributed by atoms with E-state index in [1.54, 1.807) is 6.20 Å².